The molecule has 0 aliphatic rings. The fourth-order valence-corrected chi connectivity index (χ4v) is 3.54. The molecular weight excluding hydrogens is 402 g/mol. The molecule has 1 N–H and O–H groups in total. The van der Waals surface area contributed by atoms with Crippen molar-refractivity contribution in [2.24, 2.45) is 0 Å². The summed E-state index contributed by atoms with van der Waals surface area (Å²) in [5, 5.41) is 13.6. The van der Waals surface area contributed by atoms with Gasteiger partial charge in [-0.2, -0.15) is 5.10 Å². The molecule has 0 amide bonds. The summed E-state index contributed by atoms with van der Waals surface area (Å²) in [7, 11) is 0. The second-order valence-corrected chi connectivity index (χ2v) is 8.50. The lowest BCUT2D eigenvalue weighted by molar-refractivity contribution is -0.152. The molecule has 0 radical (unpaired) electrons. The van der Waals surface area contributed by atoms with Gasteiger partial charge in [0, 0.05) is 4.90 Å². The first kappa shape index (κ1) is 21.7. The summed E-state index contributed by atoms with van der Waals surface area (Å²) < 4.78 is 8.66. The summed E-state index contributed by atoms with van der Waals surface area (Å²) in [6, 6.07) is 11.5. The fraction of sp³-hybridized carbons (Fsp3) is 0.318. The molecule has 0 fully saturated rings. The largest absolute Gasteiger partial charge is 0.478 e. The van der Waals surface area contributed by atoms with Crippen LogP contribution in [0.15, 0.2) is 52.4 Å². The molecule has 1 aromatic heterocycles. The van der Waals surface area contributed by atoms with E-state index in [9.17, 15) is 14.7 Å². The van der Waals surface area contributed by atoms with E-state index in [4.69, 9.17) is 4.74 Å². The standard InChI is InChI=1S/C22H25N3O4S/c1-14-10-16(11-15(2)19(14)29-22(3,4)20(26)27)12-25-21(28)24(13-23-25)17-6-8-18(30-5)9-7-17/h6-11,13H,12H2,1-5H3,(H,26,27). The van der Waals surface area contributed by atoms with Crippen molar-refractivity contribution in [1.82, 2.24) is 14.3 Å². The Morgan fingerprint density at radius 3 is 2.30 bits per heavy atom. The van der Waals surface area contributed by atoms with Crippen LogP contribution in [0.3, 0.4) is 0 Å². The molecule has 7 nitrogen and oxygen atoms in total. The average Bonchev–Trinajstić information content (AvgIpc) is 3.05. The molecule has 0 saturated carbocycles. The van der Waals surface area contributed by atoms with E-state index in [1.807, 2.05) is 56.5 Å². The van der Waals surface area contributed by atoms with Crippen molar-refractivity contribution in [2.45, 2.75) is 44.7 Å². The van der Waals surface area contributed by atoms with Crippen LogP contribution in [-0.4, -0.2) is 37.3 Å². The van der Waals surface area contributed by atoms with Crippen LogP contribution in [0.2, 0.25) is 0 Å². The lowest BCUT2D eigenvalue weighted by atomic mass is 10.0. The number of hydrogen-bond acceptors (Lipinski definition) is 5. The summed E-state index contributed by atoms with van der Waals surface area (Å²) in [4.78, 5) is 25.3. The SMILES string of the molecule is CSc1ccc(-n2cnn(Cc3cc(C)c(OC(C)(C)C(=O)O)c(C)c3)c2=O)cc1. The number of ether oxygens (including phenoxy) is 1. The highest BCUT2D eigenvalue weighted by molar-refractivity contribution is 7.98. The van der Waals surface area contributed by atoms with Crippen LogP contribution in [0.25, 0.3) is 5.69 Å². The number of aromatic nitrogens is 3. The first-order chi connectivity index (χ1) is 14.1. The number of benzene rings is 2. The smallest absolute Gasteiger partial charge is 0.350 e. The molecule has 0 aliphatic heterocycles. The minimum atomic E-state index is -1.33. The van der Waals surface area contributed by atoms with Gasteiger partial charge >= 0.3 is 11.7 Å². The van der Waals surface area contributed by atoms with E-state index in [1.54, 1.807) is 11.8 Å². The summed E-state index contributed by atoms with van der Waals surface area (Å²) in [5.74, 6) is -0.494. The lowest BCUT2D eigenvalue weighted by Gasteiger charge is -2.24. The van der Waals surface area contributed by atoms with E-state index in [-0.39, 0.29) is 5.69 Å². The van der Waals surface area contributed by atoms with Gasteiger partial charge in [0.05, 0.1) is 12.2 Å². The second-order valence-electron chi connectivity index (χ2n) is 7.62. The minimum Gasteiger partial charge on any atom is -0.478 e. The number of thioether (sulfide) groups is 1. The van der Waals surface area contributed by atoms with Crippen molar-refractivity contribution in [3.63, 3.8) is 0 Å². The number of nitrogens with zero attached hydrogens (tertiary/aromatic N) is 3. The minimum absolute atomic E-state index is 0.227. The van der Waals surface area contributed by atoms with Gasteiger partial charge in [-0.15, -0.1) is 11.8 Å². The van der Waals surface area contributed by atoms with E-state index in [1.165, 1.54) is 29.4 Å². The Bertz CT molecular complexity index is 1110. The van der Waals surface area contributed by atoms with Gasteiger partial charge in [-0.25, -0.2) is 18.8 Å². The molecule has 0 bridgehead atoms. The Labute approximate surface area is 179 Å². The molecule has 158 valence electrons. The van der Waals surface area contributed by atoms with Gasteiger partial charge in [-0.3, -0.25) is 0 Å². The number of aliphatic carboxylic acids is 1. The molecule has 3 aromatic rings. The van der Waals surface area contributed by atoms with E-state index in [2.05, 4.69) is 5.10 Å². The normalized spacial score (nSPS) is 11.5. The van der Waals surface area contributed by atoms with Gasteiger partial charge in [0.25, 0.3) is 0 Å². The number of aryl methyl sites for hydroxylation is 2. The molecule has 1 heterocycles. The maximum Gasteiger partial charge on any atom is 0.350 e. The topological polar surface area (TPSA) is 86.3 Å². The van der Waals surface area contributed by atoms with Gasteiger partial charge in [-0.05, 0) is 74.9 Å². The first-order valence-corrected chi connectivity index (χ1v) is 10.7. The molecule has 0 spiro atoms. The van der Waals surface area contributed by atoms with Crippen LogP contribution in [0.4, 0.5) is 0 Å². The van der Waals surface area contributed by atoms with Gasteiger partial charge in [0.15, 0.2) is 5.60 Å². The third kappa shape index (κ3) is 4.43. The maximum atomic E-state index is 12.8. The second kappa shape index (κ2) is 8.39. The molecule has 0 aliphatic carbocycles. The highest BCUT2D eigenvalue weighted by Crippen LogP contribution is 2.29. The zero-order valence-corrected chi connectivity index (χ0v) is 18.5. The molecule has 0 atom stereocenters. The van der Waals surface area contributed by atoms with Crippen LogP contribution < -0.4 is 10.4 Å². The third-order valence-electron chi connectivity index (χ3n) is 4.81. The Balaban J connectivity index is 1.86. The van der Waals surface area contributed by atoms with Gasteiger partial charge in [0.1, 0.15) is 12.1 Å². The van der Waals surface area contributed by atoms with Crippen molar-refractivity contribution in [3.8, 4) is 11.4 Å². The van der Waals surface area contributed by atoms with Crippen molar-refractivity contribution >= 4 is 17.7 Å². The Hall–Kier alpha value is -3.00. The lowest BCUT2D eigenvalue weighted by Crippen LogP contribution is -2.38. The van der Waals surface area contributed by atoms with Gasteiger partial charge < -0.3 is 9.84 Å². The molecule has 0 saturated heterocycles. The number of hydrogen-bond donors (Lipinski definition) is 1. The maximum absolute atomic E-state index is 12.8. The van der Waals surface area contributed by atoms with Crippen molar-refractivity contribution < 1.29 is 14.6 Å². The summed E-state index contributed by atoms with van der Waals surface area (Å²) in [6.45, 7) is 7.05. The van der Waals surface area contributed by atoms with Crippen LogP contribution in [0.1, 0.15) is 30.5 Å². The first-order valence-electron chi connectivity index (χ1n) is 9.44. The summed E-state index contributed by atoms with van der Waals surface area (Å²) in [5.41, 5.74) is 1.69. The Kier molecular flexibility index (Phi) is 6.07. The van der Waals surface area contributed by atoms with E-state index >= 15 is 0 Å². The molecule has 3 rings (SSSR count). The number of carbonyl (C=O) groups is 1. The highest BCUT2D eigenvalue weighted by atomic mass is 32.2. The van der Waals surface area contributed by atoms with Crippen LogP contribution in [0, 0.1) is 13.8 Å². The zero-order chi connectivity index (χ0) is 22.1. The monoisotopic (exact) mass is 427 g/mol. The number of carboxylic acids is 1. The molecular formula is C22H25N3O4S. The molecule has 8 heteroatoms. The molecule has 0 unspecified atom stereocenters. The fourth-order valence-electron chi connectivity index (χ4n) is 3.13. The van der Waals surface area contributed by atoms with Crippen molar-refractivity contribution in [3.05, 3.63) is 69.9 Å². The van der Waals surface area contributed by atoms with Crippen LogP contribution in [0.5, 0.6) is 5.75 Å². The quantitative estimate of drug-likeness (QED) is 0.579. The third-order valence-corrected chi connectivity index (χ3v) is 5.55. The van der Waals surface area contributed by atoms with Gasteiger partial charge in [0.2, 0.25) is 0 Å². The van der Waals surface area contributed by atoms with Crippen LogP contribution >= 0.6 is 11.8 Å². The Morgan fingerprint density at radius 1 is 1.17 bits per heavy atom. The van der Waals surface area contributed by atoms with Gasteiger partial charge in [-0.1, -0.05) is 12.1 Å². The Morgan fingerprint density at radius 2 is 1.77 bits per heavy atom. The number of rotatable bonds is 7. The summed E-state index contributed by atoms with van der Waals surface area (Å²) >= 11 is 1.64. The molecule has 2 aromatic carbocycles. The van der Waals surface area contributed by atoms with E-state index in [0.717, 1.165) is 27.3 Å². The zero-order valence-electron chi connectivity index (χ0n) is 17.7. The molecule has 30 heavy (non-hydrogen) atoms. The average molecular weight is 428 g/mol. The van der Waals surface area contributed by atoms with E-state index < -0.39 is 11.6 Å². The van der Waals surface area contributed by atoms with Crippen molar-refractivity contribution in [2.75, 3.05) is 6.26 Å². The highest BCUT2D eigenvalue weighted by Gasteiger charge is 2.30. The van der Waals surface area contributed by atoms with Crippen LogP contribution in [-0.2, 0) is 11.3 Å². The van der Waals surface area contributed by atoms with Crippen molar-refractivity contribution in [1.29, 1.82) is 0 Å². The van der Waals surface area contributed by atoms with E-state index in [0.29, 0.717) is 12.3 Å². The predicted octanol–water partition coefficient (Wildman–Crippen LogP) is 3.66. The number of carboxylic acid groups (broad SMARTS) is 1. The predicted molar refractivity (Wildman–Crippen MR) is 117 cm³/mol. The summed E-state index contributed by atoms with van der Waals surface area (Å²) in [6.07, 6.45) is 3.52.